The van der Waals surface area contributed by atoms with Gasteiger partial charge in [0.1, 0.15) is 5.00 Å². The van der Waals surface area contributed by atoms with E-state index < -0.39 is 29.4 Å². The Balaban J connectivity index is 1.67. The van der Waals surface area contributed by atoms with Crippen LogP contribution in [0.2, 0.25) is 0 Å². The maximum atomic E-state index is 12.5. The molecule has 1 aromatic heterocycles. The van der Waals surface area contributed by atoms with Crippen LogP contribution in [0.1, 0.15) is 51.4 Å². The number of nitrogens with zero attached hydrogens (tertiary/aromatic N) is 1. The van der Waals surface area contributed by atoms with Gasteiger partial charge in [0, 0.05) is 17.0 Å². The Morgan fingerprint density at radius 1 is 1.19 bits per heavy atom. The van der Waals surface area contributed by atoms with Gasteiger partial charge in [0.15, 0.2) is 6.61 Å². The van der Waals surface area contributed by atoms with Gasteiger partial charge in [-0.1, -0.05) is 6.92 Å². The van der Waals surface area contributed by atoms with Crippen molar-refractivity contribution in [2.45, 2.75) is 33.1 Å². The van der Waals surface area contributed by atoms with Crippen molar-refractivity contribution in [3.8, 4) is 0 Å². The zero-order valence-electron chi connectivity index (χ0n) is 17.1. The van der Waals surface area contributed by atoms with Gasteiger partial charge in [-0.25, -0.2) is 9.59 Å². The number of hydrogen-bond donors (Lipinski definition) is 1. The van der Waals surface area contributed by atoms with Crippen LogP contribution in [0.3, 0.4) is 0 Å². The van der Waals surface area contributed by atoms with Crippen LogP contribution in [0.5, 0.6) is 0 Å². The summed E-state index contributed by atoms with van der Waals surface area (Å²) in [6.07, 6.45) is 2.53. The lowest BCUT2D eigenvalue weighted by Gasteiger charge is -2.18. The van der Waals surface area contributed by atoms with Gasteiger partial charge in [-0.2, -0.15) is 0 Å². The number of non-ortho nitro benzene ring substituents is 1. The van der Waals surface area contributed by atoms with Crippen molar-refractivity contribution in [2.75, 3.05) is 18.5 Å². The third-order valence-corrected chi connectivity index (χ3v) is 6.06. The van der Waals surface area contributed by atoms with E-state index in [0.717, 1.165) is 29.7 Å². The molecule has 0 saturated heterocycles. The number of esters is 2. The number of carbonyl (C=O) groups is 3. The zero-order chi connectivity index (χ0) is 22.5. The van der Waals surface area contributed by atoms with Gasteiger partial charge >= 0.3 is 11.9 Å². The smallest absolute Gasteiger partial charge is 0.341 e. The number of fused-ring (bicyclic) bond motifs is 1. The summed E-state index contributed by atoms with van der Waals surface area (Å²) in [6.45, 7) is 3.52. The Morgan fingerprint density at radius 2 is 1.90 bits per heavy atom. The number of benzene rings is 1. The summed E-state index contributed by atoms with van der Waals surface area (Å²) in [5.74, 6) is -1.36. The predicted molar refractivity (Wildman–Crippen MR) is 113 cm³/mol. The third-order valence-electron chi connectivity index (χ3n) is 4.89. The zero-order valence-corrected chi connectivity index (χ0v) is 18.0. The molecule has 0 radical (unpaired) electrons. The number of thiophene rings is 1. The molecule has 9 nitrogen and oxygen atoms in total. The number of carbonyl (C=O) groups excluding carboxylic acids is 3. The molecule has 164 valence electrons. The van der Waals surface area contributed by atoms with E-state index >= 15 is 0 Å². The molecule has 1 aliphatic carbocycles. The highest BCUT2D eigenvalue weighted by Crippen LogP contribution is 2.40. The number of nitro benzene ring substituents is 1. The quantitative estimate of drug-likeness (QED) is 0.390. The van der Waals surface area contributed by atoms with E-state index in [4.69, 9.17) is 9.47 Å². The number of amides is 1. The van der Waals surface area contributed by atoms with Gasteiger partial charge < -0.3 is 14.8 Å². The van der Waals surface area contributed by atoms with Crippen LogP contribution in [-0.2, 0) is 27.1 Å². The second kappa shape index (κ2) is 9.69. The van der Waals surface area contributed by atoms with Gasteiger partial charge in [-0.15, -0.1) is 11.3 Å². The monoisotopic (exact) mass is 446 g/mol. The Kier molecular flexibility index (Phi) is 7.01. The molecule has 10 heteroatoms. The topological polar surface area (TPSA) is 125 Å². The maximum Gasteiger partial charge on any atom is 0.341 e. The molecule has 1 amide bonds. The minimum atomic E-state index is -0.782. The molecule has 1 aliphatic rings. The molecule has 3 rings (SSSR count). The Morgan fingerprint density at radius 3 is 2.55 bits per heavy atom. The molecule has 1 unspecified atom stereocenters. The normalized spacial score (nSPS) is 15.0. The van der Waals surface area contributed by atoms with Gasteiger partial charge in [0.25, 0.3) is 11.6 Å². The van der Waals surface area contributed by atoms with E-state index in [1.165, 1.54) is 35.6 Å². The van der Waals surface area contributed by atoms with Crippen molar-refractivity contribution in [1.29, 1.82) is 0 Å². The van der Waals surface area contributed by atoms with Crippen LogP contribution < -0.4 is 5.32 Å². The van der Waals surface area contributed by atoms with Crippen molar-refractivity contribution < 1.29 is 28.8 Å². The first-order valence-corrected chi connectivity index (χ1v) is 10.6. The van der Waals surface area contributed by atoms with E-state index in [1.54, 1.807) is 6.92 Å². The average Bonchev–Trinajstić information content (AvgIpc) is 3.08. The van der Waals surface area contributed by atoms with Crippen molar-refractivity contribution in [1.82, 2.24) is 0 Å². The summed E-state index contributed by atoms with van der Waals surface area (Å²) in [5.41, 5.74) is 1.23. The van der Waals surface area contributed by atoms with E-state index in [9.17, 15) is 24.5 Å². The van der Waals surface area contributed by atoms with E-state index in [1.807, 2.05) is 0 Å². The minimum Gasteiger partial charge on any atom is -0.462 e. The summed E-state index contributed by atoms with van der Waals surface area (Å²) in [4.78, 5) is 48.1. The van der Waals surface area contributed by atoms with Gasteiger partial charge in [0.05, 0.1) is 22.7 Å². The SMILES string of the molecule is CCOC(=O)c1c(NC(=O)COC(=O)c2ccc([N+](=O)[O-])cc2)sc2c1CCC(C)C2. The highest BCUT2D eigenvalue weighted by molar-refractivity contribution is 7.17. The molecule has 0 aliphatic heterocycles. The Labute approximate surface area is 182 Å². The van der Waals surface area contributed by atoms with Crippen LogP contribution in [0.15, 0.2) is 24.3 Å². The van der Waals surface area contributed by atoms with Crippen LogP contribution in [0.25, 0.3) is 0 Å². The summed E-state index contributed by atoms with van der Waals surface area (Å²) < 4.78 is 10.2. The minimum absolute atomic E-state index is 0.0891. The van der Waals surface area contributed by atoms with Gasteiger partial charge in [0.2, 0.25) is 0 Å². The fourth-order valence-electron chi connectivity index (χ4n) is 3.35. The van der Waals surface area contributed by atoms with Crippen LogP contribution in [0, 0.1) is 16.0 Å². The first kappa shape index (κ1) is 22.4. The van der Waals surface area contributed by atoms with E-state index in [2.05, 4.69) is 12.2 Å². The maximum absolute atomic E-state index is 12.5. The fourth-order valence-corrected chi connectivity index (χ4v) is 4.77. The molecule has 1 heterocycles. The molecule has 1 atom stereocenters. The lowest BCUT2D eigenvalue weighted by Crippen LogP contribution is -2.22. The second-order valence-electron chi connectivity index (χ2n) is 7.20. The molecule has 2 aromatic rings. The molecule has 31 heavy (non-hydrogen) atoms. The number of nitrogens with one attached hydrogen (secondary N) is 1. The lowest BCUT2D eigenvalue weighted by molar-refractivity contribution is -0.384. The number of anilines is 1. The summed E-state index contributed by atoms with van der Waals surface area (Å²) in [6, 6.07) is 4.87. The molecule has 0 bridgehead atoms. The second-order valence-corrected chi connectivity index (χ2v) is 8.31. The summed E-state index contributed by atoms with van der Waals surface area (Å²) in [5, 5.41) is 13.7. The lowest BCUT2D eigenvalue weighted by atomic mass is 9.88. The number of hydrogen-bond acceptors (Lipinski definition) is 8. The van der Waals surface area contributed by atoms with Crippen LogP contribution in [0.4, 0.5) is 10.7 Å². The third kappa shape index (κ3) is 5.26. The standard InChI is InChI=1S/C21H22N2O7S/c1-3-29-21(26)18-15-9-4-12(2)10-16(15)31-19(18)22-17(24)11-30-20(25)13-5-7-14(8-6-13)23(27)28/h5-8,12H,3-4,9-11H2,1-2H3,(H,22,24). The van der Waals surface area contributed by atoms with Crippen LogP contribution >= 0.6 is 11.3 Å². The Hall–Kier alpha value is -3.27. The first-order valence-electron chi connectivity index (χ1n) is 9.83. The highest BCUT2D eigenvalue weighted by Gasteiger charge is 2.29. The number of rotatable bonds is 7. The molecular formula is C21H22N2O7S. The molecule has 0 saturated carbocycles. The predicted octanol–water partition coefficient (Wildman–Crippen LogP) is 3.75. The number of ether oxygens (including phenoxy) is 2. The molecule has 1 N–H and O–H groups in total. The van der Waals surface area contributed by atoms with E-state index in [0.29, 0.717) is 16.5 Å². The molecular weight excluding hydrogens is 424 g/mol. The van der Waals surface area contributed by atoms with Crippen molar-refractivity contribution in [2.24, 2.45) is 5.92 Å². The summed E-state index contributed by atoms with van der Waals surface area (Å²) in [7, 11) is 0. The molecule has 0 fully saturated rings. The van der Waals surface area contributed by atoms with Gasteiger partial charge in [-0.3, -0.25) is 14.9 Å². The number of nitro groups is 1. The first-order chi connectivity index (χ1) is 14.8. The van der Waals surface area contributed by atoms with Crippen LogP contribution in [-0.4, -0.2) is 36.0 Å². The van der Waals surface area contributed by atoms with Crippen molar-refractivity contribution >= 4 is 39.9 Å². The highest BCUT2D eigenvalue weighted by atomic mass is 32.1. The molecule has 0 spiro atoms. The molecule has 1 aromatic carbocycles. The average molecular weight is 446 g/mol. The van der Waals surface area contributed by atoms with Crippen molar-refractivity contribution in [3.05, 3.63) is 55.9 Å². The van der Waals surface area contributed by atoms with Gasteiger partial charge in [-0.05, 0) is 49.8 Å². The Bertz CT molecular complexity index is 1010. The summed E-state index contributed by atoms with van der Waals surface area (Å²) >= 11 is 1.35. The fraction of sp³-hybridized carbons (Fsp3) is 0.381. The largest absolute Gasteiger partial charge is 0.462 e. The van der Waals surface area contributed by atoms with E-state index in [-0.39, 0.29) is 17.9 Å². The van der Waals surface area contributed by atoms with Crippen molar-refractivity contribution in [3.63, 3.8) is 0 Å².